The Balaban J connectivity index is 2.32. The van der Waals surface area contributed by atoms with Gasteiger partial charge in [0.25, 0.3) is 5.56 Å². The lowest BCUT2D eigenvalue weighted by Crippen LogP contribution is -2.39. The van der Waals surface area contributed by atoms with E-state index in [0.29, 0.717) is 12.2 Å². The third-order valence-corrected chi connectivity index (χ3v) is 3.10. The Morgan fingerprint density at radius 1 is 1.40 bits per heavy atom. The van der Waals surface area contributed by atoms with E-state index in [2.05, 4.69) is 0 Å². The molecule has 0 N–H and O–H groups in total. The van der Waals surface area contributed by atoms with Gasteiger partial charge in [0.05, 0.1) is 0 Å². The molecule has 0 aromatic carbocycles. The molecule has 2 rings (SSSR count). The maximum atomic E-state index is 11.8. The van der Waals surface area contributed by atoms with Crippen LogP contribution in [-0.4, -0.2) is 9.13 Å². The zero-order valence-electron chi connectivity index (χ0n) is 9.19. The molecule has 1 aliphatic rings. The van der Waals surface area contributed by atoms with Crippen LogP contribution in [0.4, 0.5) is 0 Å². The number of nitrogens with zero attached hydrogens (tertiary/aromatic N) is 2. The van der Waals surface area contributed by atoms with Gasteiger partial charge >= 0.3 is 5.69 Å². The van der Waals surface area contributed by atoms with Crippen LogP contribution < -0.4 is 11.2 Å². The van der Waals surface area contributed by atoms with E-state index in [1.807, 2.05) is 0 Å². The lowest BCUT2D eigenvalue weighted by atomic mass is 10.3. The van der Waals surface area contributed by atoms with E-state index in [1.54, 1.807) is 14.0 Å². The fourth-order valence-corrected chi connectivity index (χ4v) is 1.70. The first-order valence-electron chi connectivity index (χ1n) is 5.37. The molecule has 4 nitrogen and oxygen atoms in total. The summed E-state index contributed by atoms with van der Waals surface area (Å²) in [7, 11) is 1.70. The second kappa shape index (κ2) is 3.68. The van der Waals surface area contributed by atoms with Crippen molar-refractivity contribution in [3.05, 3.63) is 32.6 Å². The van der Waals surface area contributed by atoms with Gasteiger partial charge in [-0.05, 0) is 19.3 Å². The minimum atomic E-state index is -0.194. The maximum absolute atomic E-state index is 11.8. The molecule has 0 amide bonds. The molecule has 1 aromatic heterocycles. The standard InChI is InChI=1S/C11H16N2O2/c1-8-7-10(14)13(11(15)12(8)2)6-5-9-3-4-9/h7,9H,3-6H2,1-2H3. The predicted molar refractivity (Wildman–Crippen MR) is 58.0 cm³/mol. The monoisotopic (exact) mass is 208 g/mol. The molecule has 0 atom stereocenters. The highest BCUT2D eigenvalue weighted by atomic mass is 16.2. The highest BCUT2D eigenvalue weighted by Crippen LogP contribution is 2.32. The van der Waals surface area contributed by atoms with Crippen molar-refractivity contribution in [3.63, 3.8) is 0 Å². The highest BCUT2D eigenvalue weighted by Gasteiger charge is 2.21. The molecule has 0 spiro atoms. The van der Waals surface area contributed by atoms with Crippen LogP contribution >= 0.6 is 0 Å². The number of aromatic nitrogens is 2. The molecule has 0 saturated heterocycles. The largest absolute Gasteiger partial charge is 0.330 e. The fraction of sp³-hybridized carbons (Fsp3) is 0.636. The van der Waals surface area contributed by atoms with Crippen molar-refractivity contribution in [2.75, 3.05) is 0 Å². The summed E-state index contributed by atoms with van der Waals surface area (Å²) in [5.41, 5.74) is 0.351. The normalized spacial score (nSPS) is 15.6. The van der Waals surface area contributed by atoms with Crippen molar-refractivity contribution in [3.8, 4) is 0 Å². The van der Waals surface area contributed by atoms with Gasteiger partial charge in [-0.15, -0.1) is 0 Å². The van der Waals surface area contributed by atoms with Gasteiger partial charge in [-0.3, -0.25) is 9.36 Å². The Morgan fingerprint density at radius 3 is 2.67 bits per heavy atom. The summed E-state index contributed by atoms with van der Waals surface area (Å²) in [6.45, 7) is 2.34. The topological polar surface area (TPSA) is 44.0 Å². The van der Waals surface area contributed by atoms with Crippen molar-refractivity contribution < 1.29 is 0 Å². The fourth-order valence-electron chi connectivity index (χ4n) is 1.70. The first-order chi connectivity index (χ1) is 7.09. The summed E-state index contributed by atoms with van der Waals surface area (Å²) < 4.78 is 2.86. The zero-order valence-corrected chi connectivity index (χ0v) is 9.19. The third-order valence-electron chi connectivity index (χ3n) is 3.10. The molecular formula is C11H16N2O2. The Bertz CT molecular complexity index is 480. The van der Waals surface area contributed by atoms with Crippen molar-refractivity contribution in [2.24, 2.45) is 13.0 Å². The molecule has 0 aliphatic heterocycles. The summed E-state index contributed by atoms with van der Waals surface area (Å²) in [6, 6.07) is 1.52. The summed E-state index contributed by atoms with van der Waals surface area (Å²) in [5, 5.41) is 0. The molecule has 1 saturated carbocycles. The van der Waals surface area contributed by atoms with Crippen LogP contribution in [0, 0.1) is 12.8 Å². The van der Waals surface area contributed by atoms with E-state index in [1.165, 1.54) is 28.0 Å². The van der Waals surface area contributed by atoms with E-state index < -0.39 is 0 Å². The summed E-state index contributed by atoms with van der Waals surface area (Å²) in [4.78, 5) is 23.4. The lowest BCUT2D eigenvalue weighted by molar-refractivity contribution is 0.532. The van der Waals surface area contributed by atoms with Crippen molar-refractivity contribution in [1.29, 1.82) is 0 Å². The first kappa shape index (κ1) is 10.2. The van der Waals surface area contributed by atoms with E-state index in [4.69, 9.17) is 0 Å². The summed E-state index contributed by atoms with van der Waals surface area (Å²) in [6.07, 6.45) is 3.46. The van der Waals surface area contributed by atoms with E-state index >= 15 is 0 Å². The molecular weight excluding hydrogens is 192 g/mol. The van der Waals surface area contributed by atoms with E-state index in [-0.39, 0.29) is 11.2 Å². The average Bonchev–Trinajstić information content (AvgIpc) is 2.98. The lowest BCUT2D eigenvalue weighted by Gasteiger charge is -2.08. The SMILES string of the molecule is Cc1cc(=O)n(CCC2CC2)c(=O)n1C. The number of hydrogen-bond donors (Lipinski definition) is 0. The number of aryl methyl sites for hydroxylation is 1. The predicted octanol–water partition coefficient (Wildman–Crippen LogP) is 0.656. The Hall–Kier alpha value is -1.32. The smallest absolute Gasteiger partial charge is 0.301 e. The first-order valence-corrected chi connectivity index (χ1v) is 5.37. The molecule has 0 unspecified atom stereocenters. The number of hydrogen-bond acceptors (Lipinski definition) is 2. The number of rotatable bonds is 3. The van der Waals surface area contributed by atoms with Crippen molar-refractivity contribution in [2.45, 2.75) is 32.7 Å². The molecule has 15 heavy (non-hydrogen) atoms. The van der Waals surface area contributed by atoms with E-state index in [0.717, 1.165) is 12.3 Å². The van der Waals surface area contributed by atoms with Gasteiger partial charge in [0.15, 0.2) is 0 Å². The Morgan fingerprint density at radius 2 is 2.07 bits per heavy atom. The molecule has 1 heterocycles. The second-order valence-corrected chi connectivity index (χ2v) is 4.35. The van der Waals surface area contributed by atoms with Gasteiger partial charge in [0.2, 0.25) is 0 Å². The van der Waals surface area contributed by atoms with Crippen molar-refractivity contribution >= 4 is 0 Å². The van der Waals surface area contributed by atoms with Crippen LogP contribution in [0.25, 0.3) is 0 Å². The molecule has 1 aromatic rings. The van der Waals surface area contributed by atoms with Gasteiger partial charge in [-0.2, -0.15) is 0 Å². The second-order valence-electron chi connectivity index (χ2n) is 4.35. The highest BCUT2D eigenvalue weighted by molar-refractivity contribution is 4.99. The molecule has 1 fully saturated rings. The molecule has 1 aliphatic carbocycles. The maximum Gasteiger partial charge on any atom is 0.330 e. The van der Waals surface area contributed by atoms with Gasteiger partial charge in [0.1, 0.15) is 0 Å². The summed E-state index contributed by atoms with van der Waals surface area (Å²) in [5.74, 6) is 0.739. The molecule has 4 heteroatoms. The zero-order chi connectivity index (χ0) is 11.0. The Labute approximate surface area is 88.2 Å². The minimum Gasteiger partial charge on any atom is -0.301 e. The Kier molecular flexibility index (Phi) is 2.50. The van der Waals surface area contributed by atoms with E-state index in [9.17, 15) is 9.59 Å². The van der Waals surface area contributed by atoms with Gasteiger partial charge < -0.3 is 4.57 Å². The third kappa shape index (κ3) is 2.03. The molecule has 82 valence electrons. The summed E-state index contributed by atoms with van der Waals surface area (Å²) >= 11 is 0. The van der Waals surface area contributed by atoms with Crippen LogP contribution in [0.1, 0.15) is 25.0 Å². The minimum absolute atomic E-state index is 0.170. The molecule has 0 bridgehead atoms. The average molecular weight is 208 g/mol. The molecule has 0 radical (unpaired) electrons. The van der Waals surface area contributed by atoms with Gasteiger partial charge in [-0.1, -0.05) is 12.8 Å². The van der Waals surface area contributed by atoms with Crippen molar-refractivity contribution in [1.82, 2.24) is 9.13 Å². The van der Waals surface area contributed by atoms with Crippen LogP contribution in [0.3, 0.4) is 0 Å². The van der Waals surface area contributed by atoms with Crippen LogP contribution in [0.5, 0.6) is 0 Å². The van der Waals surface area contributed by atoms with Crippen LogP contribution in [0.2, 0.25) is 0 Å². The van der Waals surface area contributed by atoms with Crippen LogP contribution in [-0.2, 0) is 13.6 Å². The van der Waals surface area contributed by atoms with Crippen LogP contribution in [0.15, 0.2) is 15.7 Å². The van der Waals surface area contributed by atoms with Gasteiger partial charge in [0, 0.05) is 25.4 Å². The quantitative estimate of drug-likeness (QED) is 0.732. The van der Waals surface area contributed by atoms with Gasteiger partial charge in [-0.25, -0.2) is 4.79 Å².